The fourth-order valence-electron chi connectivity index (χ4n) is 3.16. The van der Waals surface area contributed by atoms with E-state index in [1.807, 2.05) is 13.8 Å². The van der Waals surface area contributed by atoms with Gasteiger partial charge in [0.05, 0.1) is 17.8 Å². The molecular weight excluding hydrogens is 447 g/mol. The highest BCUT2D eigenvalue weighted by Crippen LogP contribution is 2.35. The zero-order valence-electron chi connectivity index (χ0n) is 18.5. The summed E-state index contributed by atoms with van der Waals surface area (Å²) >= 11 is 0. The van der Waals surface area contributed by atoms with Crippen LogP contribution < -0.4 is 9.04 Å². The van der Waals surface area contributed by atoms with Crippen LogP contribution >= 0.6 is 0 Å². The molecule has 0 aliphatic heterocycles. The molecule has 1 heterocycles. The molecule has 3 aromatic rings. The number of pyridine rings is 1. The molecule has 1 aromatic heterocycles. The molecule has 1 N–H and O–H groups in total. The van der Waals surface area contributed by atoms with Gasteiger partial charge >= 0.3 is 5.97 Å². The van der Waals surface area contributed by atoms with E-state index in [4.69, 9.17) is 9.84 Å². The van der Waals surface area contributed by atoms with E-state index in [2.05, 4.69) is 4.98 Å². The first kappa shape index (κ1) is 24.2. The molecule has 0 unspecified atom stereocenters. The second-order valence-corrected chi connectivity index (χ2v) is 9.49. The number of alkyl halides is 1. The number of nitrogens with zero attached hydrogens (tertiary/aromatic N) is 2. The molecule has 0 amide bonds. The van der Waals surface area contributed by atoms with Gasteiger partial charge in [0, 0.05) is 6.20 Å². The quantitative estimate of drug-likeness (QED) is 0.492. The van der Waals surface area contributed by atoms with Crippen molar-refractivity contribution in [3.63, 3.8) is 0 Å². The van der Waals surface area contributed by atoms with Crippen molar-refractivity contribution in [2.45, 2.75) is 38.6 Å². The number of aromatic nitrogens is 1. The van der Waals surface area contributed by atoms with Crippen LogP contribution in [0.3, 0.4) is 0 Å². The smallest absolute Gasteiger partial charge is 0.335 e. The van der Waals surface area contributed by atoms with Crippen LogP contribution in [0, 0.1) is 13.8 Å². The number of carboxylic acids is 1. The van der Waals surface area contributed by atoms with Gasteiger partial charge in [-0.15, -0.1) is 0 Å². The first-order valence-corrected chi connectivity index (χ1v) is 11.7. The maximum absolute atomic E-state index is 14.1. The third-order valence-electron chi connectivity index (χ3n) is 5.05. The van der Waals surface area contributed by atoms with E-state index >= 15 is 0 Å². The van der Waals surface area contributed by atoms with Gasteiger partial charge in [-0.3, -0.25) is 4.31 Å². The predicted octanol–water partition coefficient (Wildman–Crippen LogP) is 4.53. The lowest BCUT2D eigenvalue weighted by Crippen LogP contribution is -2.36. The number of carbonyl (C=O) groups is 1. The van der Waals surface area contributed by atoms with Gasteiger partial charge in [0.25, 0.3) is 10.0 Å². The number of anilines is 1. The van der Waals surface area contributed by atoms with E-state index in [1.165, 1.54) is 31.3 Å². The normalized spacial score (nSPS) is 12.2. The molecule has 33 heavy (non-hydrogen) atoms. The summed E-state index contributed by atoms with van der Waals surface area (Å²) in [4.78, 5) is 15.0. The first-order chi connectivity index (χ1) is 15.6. The second-order valence-electron chi connectivity index (χ2n) is 7.68. The van der Waals surface area contributed by atoms with Crippen LogP contribution in [0.15, 0.2) is 65.8 Å². The van der Waals surface area contributed by atoms with Crippen LogP contribution in [-0.4, -0.2) is 37.2 Å². The maximum atomic E-state index is 14.1. The zero-order valence-corrected chi connectivity index (χ0v) is 19.3. The van der Waals surface area contributed by atoms with Crippen molar-refractivity contribution in [2.75, 3.05) is 10.8 Å². The minimum absolute atomic E-state index is 0.0675. The van der Waals surface area contributed by atoms with Gasteiger partial charge in [-0.2, -0.15) is 8.42 Å². The van der Waals surface area contributed by atoms with E-state index in [-0.39, 0.29) is 28.6 Å². The Kier molecular flexibility index (Phi) is 7.33. The van der Waals surface area contributed by atoms with Crippen molar-refractivity contribution in [3.8, 4) is 5.75 Å². The number of ether oxygens (including phenoxy) is 1. The van der Waals surface area contributed by atoms with Crippen LogP contribution in [0.5, 0.6) is 5.75 Å². The van der Waals surface area contributed by atoms with Gasteiger partial charge in [0.2, 0.25) is 0 Å². The Hall–Kier alpha value is -3.46. The van der Waals surface area contributed by atoms with E-state index in [9.17, 15) is 17.6 Å². The van der Waals surface area contributed by atoms with Crippen molar-refractivity contribution in [1.29, 1.82) is 0 Å². The summed E-state index contributed by atoms with van der Waals surface area (Å²) < 4.78 is 47.8. The van der Waals surface area contributed by atoms with Crippen LogP contribution in [0.2, 0.25) is 0 Å². The van der Waals surface area contributed by atoms with E-state index < -0.39 is 28.7 Å². The number of halogens is 1. The number of aryl methyl sites for hydroxylation is 2. The van der Waals surface area contributed by atoms with Gasteiger partial charge in [-0.25, -0.2) is 14.2 Å². The molecule has 0 saturated heterocycles. The Morgan fingerprint density at radius 2 is 1.79 bits per heavy atom. The first-order valence-electron chi connectivity index (χ1n) is 10.2. The number of benzene rings is 2. The number of sulfonamides is 1. The van der Waals surface area contributed by atoms with Gasteiger partial charge < -0.3 is 9.84 Å². The molecule has 0 fully saturated rings. The van der Waals surface area contributed by atoms with Crippen molar-refractivity contribution in [2.24, 2.45) is 0 Å². The monoisotopic (exact) mass is 472 g/mol. The number of hydrogen-bond acceptors (Lipinski definition) is 5. The molecule has 2 aromatic carbocycles. The SMILES string of the molecule is Cc1cc(OCc2ccc(C(=O)O)cc2)c(N(C[C@H](C)F)S(=O)(=O)c2ccccn2)cc1C. The van der Waals surface area contributed by atoms with Crippen molar-refractivity contribution < 1.29 is 27.4 Å². The number of carboxylic acid groups (broad SMARTS) is 1. The molecule has 0 bridgehead atoms. The minimum Gasteiger partial charge on any atom is -0.487 e. The molecule has 0 spiro atoms. The van der Waals surface area contributed by atoms with Gasteiger partial charge in [0.15, 0.2) is 5.03 Å². The second kappa shape index (κ2) is 9.99. The summed E-state index contributed by atoms with van der Waals surface area (Å²) in [6, 6.07) is 14.0. The maximum Gasteiger partial charge on any atom is 0.335 e. The van der Waals surface area contributed by atoms with Crippen LogP contribution in [0.4, 0.5) is 10.1 Å². The highest BCUT2D eigenvalue weighted by Gasteiger charge is 2.30. The van der Waals surface area contributed by atoms with E-state index in [0.29, 0.717) is 5.56 Å². The summed E-state index contributed by atoms with van der Waals surface area (Å²) in [6.45, 7) is 4.64. The highest BCUT2D eigenvalue weighted by molar-refractivity contribution is 7.92. The van der Waals surface area contributed by atoms with Crippen molar-refractivity contribution >= 4 is 21.7 Å². The molecule has 0 aliphatic carbocycles. The standard InChI is InChI=1S/C24H25FN2O5S/c1-16-12-21(27(14-18(3)25)33(30,31)23-6-4-5-11-26-23)22(13-17(16)2)32-15-19-7-9-20(10-8-19)24(28)29/h4-13,18H,14-15H2,1-3H3,(H,28,29)/t18-/m0/s1. The average Bonchev–Trinajstić information content (AvgIpc) is 2.78. The van der Waals surface area contributed by atoms with Crippen LogP contribution in [0.1, 0.15) is 34.0 Å². The topological polar surface area (TPSA) is 96.8 Å². The van der Waals surface area contributed by atoms with E-state index in [0.717, 1.165) is 15.4 Å². The molecule has 3 rings (SSSR count). The summed E-state index contributed by atoms with van der Waals surface area (Å²) in [7, 11) is -4.16. The molecule has 0 aliphatic rings. The molecule has 174 valence electrons. The summed E-state index contributed by atoms with van der Waals surface area (Å²) in [6.07, 6.45) is -0.0794. The third-order valence-corrected chi connectivity index (χ3v) is 6.74. The third kappa shape index (κ3) is 5.67. The largest absolute Gasteiger partial charge is 0.487 e. The van der Waals surface area contributed by atoms with Gasteiger partial charge in [-0.05, 0) is 73.9 Å². The lowest BCUT2D eigenvalue weighted by Gasteiger charge is -2.27. The van der Waals surface area contributed by atoms with Crippen LogP contribution in [0.25, 0.3) is 0 Å². The number of aromatic carboxylic acids is 1. The average molecular weight is 473 g/mol. The molecule has 0 radical (unpaired) electrons. The molecular formula is C24H25FN2O5S. The highest BCUT2D eigenvalue weighted by atomic mass is 32.2. The fourth-order valence-corrected chi connectivity index (χ4v) is 4.63. The molecule has 9 heteroatoms. The Balaban J connectivity index is 2.02. The lowest BCUT2D eigenvalue weighted by molar-refractivity contribution is 0.0696. The zero-order chi connectivity index (χ0) is 24.2. The summed E-state index contributed by atoms with van der Waals surface area (Å²) in [5.41, 5.74) is 2.74. The van der Waals surface area contributed by atoms with Crippen LogP contribution in [-0.2, 0) is 16.6 Å². The van der Waals surface area contributed by atoms with Gasteiger partial charge in [0.1, 0.15) is 18.5 Å². The molecule has 7 nitrogen and oxygen atoms in total. The van der Waals surface area contributed by atoms with Crippen molar-refractivity contribution in [1.82, 2.24) is 4.98 Å². The Labute approximate surface area is 192 Å². The number of hydrogen-bond donors (Lipinski definition) is 1. The summed E-state index contributed by atoms with van der Waals surface area (Å²) in [5.74, 6) is -0.768. The van der Waals surface area contributed by atoms with Crippen molar-refractivity contribution in [3.05, 3.63) is 83.0 Å². The Bertz CT molecular complexity index is 1230. The molecule has 0 saturated carbocycles. The number of rotatable bonds is 9. The predicted molar refractivity (Wildman–Crippen MR) is 123 cm³/mol. The Morgan fingerprint density at radius 3 is 2.36 bits per heavy atom. The minimum atomic E-state index is -4.16. The van der Waals surface area contributed by atoms with Gasteiger partial charge in [-0.1, -0.05) is 18.2 Å². The lowest BCUT2D eigenvalue weighted by atomic mass is 10.1. The summed E-state index contributed by atoms with van der Waals surface area (Å²) in [5, 5.41) is 8.86. The van der Waals surface area contributed by atoms with E-state index in [1.54, 1.807) is 36.4 Å². The molecule has 1 atom stereocenters. The fraction of sp³-hybridized carbons (Fsp3) is 0.250. The Morgan fingerprint density at radius 1 is 1.12 bits per heavy atom.